The molecule has 0 unspecified atom stereocenters. The summed E-state index contributed by atoms with van der Waals surface area (Å²) in [6, 6.07) is 5.93. The topological polar surface area (TPSA) is 69.3 Å². The highest BCUT2D eigenvalue weighted by Crippen LogP contribution is 2.24. The molecule has 20 heavy (non-hydrogen) atoms. The van der Waals surface area contributed by atoms with Crippen molar-refractivity contribution in [1.29, 1.82) is 5.26 Å². The van der Waals surface area contributed by atoms with Gasteiger partial charge in [0.15, 0.2) is 0 Å². The molecule has 1 aromatic heterocycles. The van der Waals surface area contributed by atoms with Gasteiger partial charge in [-0.1, -0.05) is 0 Å². The van der Waals surface area contributed by atoms with Crippen LogP contribution in [0, 0.1) is 11.3 Å². The van der Waals surface area contributed by atoms with Gasteiger partial charge in [-0.25, -0.2) is 4.79 Å². The smallest absolute Gasteiger partial charge is 0.352 e. The molecule has 1 fully saturated rings. The predicted octanol–water partition coefficient (Wildman–Crippen LogP) is 2.52. The Bertz CT molecular complexity index is 482. The van der Waals surface area contributed by atoms with Crippen LogP contribution in [-0.2, 0) is 0 Å². The Hall–Kier alpha value is -1.80. The van der Waals surface area contributed by atoms with Crippen molar-refractivity contribution in [3.8, 4) is 6.07 Å². The summed E-state index contributed by atoms with van der Waals surface area (Å²) in [7, 11) is 0. The lowest BCUT2D eigenvalue weighted by Gasteiger charge is -2.33. The first kappa shape index (κ1) is 14.6. The largest absolute Gasteiger partial charge is 0.477 e. The number of nitrogens with zero attached hydrogens (tertiary/aromatic N) is 3. The van der Waals surface area contributed by atoms with E-state index in [0.29, 0.717) is 18.2 Å². The van der Waals surface area contributed by atoms with Crippen LogP contribution in [0.2, 0.25) is 0 Å². The van der Waals surface area contributed by atoms with E-state index in [9.17, 15) is 4.79 Å². The van der Waals surface area contributed by atoms with Gasteiger partial charge in [-0.2, -0.15) is 5.26 Å². The number of carboxylic acid groups (broad SMARTS) is 1. The summed E-state index contributed by atoms with van der Waals surface area (Å²) in [6.45, 7) is 3.06. The van der Waals surface area contributed by atoms with Gasteiger partial charge in [0, 0.05) is 31.7 Å². The number of carboxylic acids is 1. The Balaban J connectivity index is 1.81. The van der Waals surface area contributed by atoms with Gasteiger partial charge in [0.1, 0.15) is 5.69 Å². The highest BCUT2D eigenvalue weighted by atomic mass is 16.4. The number of aromatic carboxylic acids is 1. The first-order valence-corrected chi connectivity index (χ1v) is 7.22. The number of aromatic nitrogens is 1. The standard InChI is InChI=1S/C15H21N3O2/c16-8-2-1-3-9-17-11-6-13(7-12-17)18-10-4-5-14(18)15(19)20/h4-5,10,13H,1-3,6-7,9,11-12H2,(H,19,20). The van der Waals surface area contributed by atoms with E-state index in [1.54, 1.807) is 12.1 Å². The number of piperidine rings is 1. The number of rotatable bonds is 6. The van der Waals surface area contributed by atoms with Gasteiger partial charge < -0.3 is 14.6 Å². The third-order valence-electron chi connectivity index (χ3n) is 3.96. The minimum absolute atomic E-state index is 0.298. The molecule has 0 amide bonds. The quantitative estimate of drug-likeness (QED) is 0.810. The first-order valence-electron chi connectivity index (χ1n) is 7.22. The number of likely N-dealkylation sites (tertiary alicyclic amines) is 1. The minimum Gasteiger partial charge on any atom is -0.477 e. The summed E-state index contributed by atoms with van der Waals surface area (Å²) in [5.74, 6) is -0.853. The average Bonchev–Trinajstić information content (AvgIpc) is 2.94. The third-order valence-corrected chi connectivity index (χ3v) is 3.96. The second-order valence-corrected chi connectivity index (χ2v) is 5.29. The molecular formula is C15H21N3O2. The normalized spacial score (nSPS) is 16.9. The molecule has 0 radical (unpaired) electrons. The molecule has 2 heterocycles. The summed E-state index contributed by atoms with van der Waals surface area (Å²) in [6.07, 6.45) is 6.54. The van der Waals surface area contributed by atoms with Crippen LogP contribution in [0.1, 0.15) is 48.6 Å². The zero-order chi connectivity index (χ0) is 14.4. The van der Waals surface area contributed by atoms with E-state index in [4.69, 9.17) is 10.4 Å². The lowest BCUT2D eigenvalue weighted by Crippen LogP contribution is -2.35. The van der Waals surface area contributed by atoms with Gasteiger partial charge in [0.2, 0.25) is 0 Å². The molecule has 1 aromatic rings. The zero-order valence-corrected chi connectivity index (χ0v) is 11.7. The number of unbranched alkanes of at least 4 members (excludes halogenated alkanes) is 2. The van der Waals surface area contributed by atoms with Crippen LogP contribution in [0.25, 0.3) is 0 Å². The summed E-state index contributed by atoms with van der Waals surface area (Å²) in [5, 5.41) is 17.6. The maximum atomic E-state index is 11.1. The van der Waals surface area contributed by atoms with Crippen molar-refractivity contribution < 1.29 is 9.90 Å². The van der Waals surface area contributed by atoms with Crippen LogP contribution < -0.4 is 0 Å². The summed E-state index contributed by atoms with van der Waals surface area (Å²) < 4.78 is 1.90. The van der Waals surface area contributed by atoms with Gasteiger partial charge in [-0.15, -0.1) is 0 Å². The SMILES string of the molecule is N#CCCCCN1CCC(n2cccc2C(=O)O)CC1. The molecule has 1 saturated heterocycles. The van der Waals surface area contributed by atoms with Crippen LogP contribution >= 0.6 is 0 Å². The van der Waals surface area contributed by atoms with E-state index >= 15 is 0 Å². The van der Waals surface area contributed by atoms with Crippen LogP contribution in [0.3, 0.4) is 0 Å². The summed E-state index contributed by atoms with van der Waals surface area (Å²) in [4.78, 5) is 13.5. The van der Waals surface area contributed by atoms with Crippen LogP contribution in [-0.4, -0.2) is 40.2 Å². The molecule has 0 bridgehead atoms. The number of hydrogen-bond donors (Lipinski definition) is 1. The maximum Gasteiger partial charge on any atom is 0.352 e. The number of nitriles is 1. The molecule has 1 N–H and O–H groups in total. The molecule has 0 aromatic carbocycles. The van der Waals surface area contributed by atoms with Gasteiger partial charge >= 0.3 is 5.97 Å². The maximum absolute atomic E-state index is 11.1. The van der Waals surface area contributed by atoms with Crippen LogP contribution in [0.15, 0.2) is 18.3 Å². The van der Waals surface area contributed by atoms with E-state index in [1.165, 1.54) is 0 Å². The van der Waals surface area contributed by atoms with E-state index in [2.05, 4.69) is 11.0 Å². The van der Waals surface area contributed by atoms with Crippen molar-refractivity contribution in [3.05, 3.63) is 24.0 Å². The van der Waals surface area contributed by atoms with E-state index < -0.39 is 5.97 Å². The fourth-order valence-electron chi connectivity index (χ4n) is 2.85. The van der Waals surface area contributed by atoms with E-state index in [0.717, 1.165) is 45.3 Å². The average molecular weight is 275 g/mol. The van der Waals surface area contributed by atoms with Crippen LogP contribution in [0.5, 0.6) is 0 Å². The summed E-state index contributed by atoms with van der Waals surface area (Å²) in [5.41, 5.74) is 0.387. The van der Waals surface area contributed by atoms with Crippen molar-refractivity contribution in [3.63, 3.8) is 0 Å². The van der Waals surface area contributed by atoms with Crippen molar-refractivity contribution in [2.75, 3.05) is 19.6 Å². The van der Waals surface area contributed by atoms with Gasteiger partial charge in [0.25, 0.3) is 0 Å². The molecule has 0 atom stereocenters. The summed E-state index contributed by atoms with van der Waals surface area (Å²) >= 11 is 0. The lowest BCUT2D eigenvalue weighted by molar-refractivity contribution is 0.0678. The molecule has 108 valence electrons. The molecule has 0 aliphatic carbocycles. The highest BCUT2D eigenvalue weighted by Gasteiger charge is 2.22. The van der Waals surface area contributed by atoms with Crippen molar-refractivity contribution in [2.45, 2.75) is 38.1 Å². The molecule has 1 aliphatic heterocycles. The Labute approximate surface area is 119 Å². The van der Waals surface area contributed by atoms with Crippen LogP contribution in [0.4, 0.5) is 0 Å². The molecular weight excluding hydrogens is 254 g/mol. The van der Waals surface area contributed by atoms with Gasteiger partial charge in [0.05, 0.1) is 6.07 Å². The molecule has 5 nitrogen and oxygen atoms in total. The van der Waals surface area contributed by atoms with Gasteiger partial charge in [-0.3, -0.25) is 0 Å². The fourth-order valence-corrected chi connectivity index (χ4v) is 2.85. The number of hydrogen-bond acceptors (Lipinski definition) is 3. The van der Waals surface area contributed by atoms with Crippen molar-refractivity contribution in [2.24, 2.45) is 0 Å². The molecule has 0 saturated carbocycles. The molecule has 1 aliphatic rings. The first-order chi connectivity index (χ1) is 9.72. The lowest BCUT2D eigenvalue weighted by atomic mass is 10.0. The highest BCUT2D eigenvalue weighted by molar-refractivity contribution is 5.85. The Kier molecular flexibility index (Phi) is 5.19. The predicted molar refractivity (Wildman–Crippen MR) is 75.6 cm³/mol. The molecule has 5 heteroatoms. The molecule has 0 spiro atoms. The van der Waals surface area contributed by atoms with Crippen molar-refractivity contribution in [1.82, 2.24) is 9.47 Å². The third kappa shape index (κ3) is 3.61. The minimum atomic E-state index is -0.853. The number of carbonyl (C=O) groups is 1. The van der Waals surface area contributed by atoms with Gasteiger partial charge in [-0.05, 0) is 44.4 Å². The molecule has 2 rings (SSSR count). The second kappa shape index (κ2) is 7.11. The Morgan fingerprint density at radius 2 is 2.15 bits per heavy atom. The Morgan fingerprint density at radius 3 is 2.80 bits per heavy atom. The zero-order valence-electron chi connectivity index (χ0n) is 11.7. The van der Waals surface area contributed by atoms with E-state index in [1.807, 2.05) is 10.8 Å². The fraction of sp³-hybridized carbons (Fsp3) is 0.600. The van der Waals surface area contributed by atoms with E-state index in [-0.39, 0.29) is 0 Å². The second-order valence-electron chi connectivity index (χ2n) is 5.29. The monoisotopic (exact) mass is 275 g/mol. The Morgan fingerprint density at radius 1 is 1.40 bits per heavy atom. The van der Waals surface area contributed by atoms with Crippen molar-refractivity contribution >= 4 is 5.97 Å².